The maximum Gasteiger partial charge on any atom is 0.255 e. The predicted molar refractivity (Wildman–Crippen MR) is 131 cm³/mol. The van der Waals surface area contributed by atoms with Crippen LogP contribution in [0.2, 0.25) is 0 Å². The van der Waals surface area contributed by atoms with Crippen LogP contribution in [0.1, 0.15) is 90.0 Å². The van der Waals surface area contributed by atoms with Crippen molar-refractivity contribution in [3.8, 4) is 0 Å². The number of rotatable bonds is 6. The van der Waals surface area contributed by atoms with Crippen LogP contribution in [0.3, 0.4) is 0 Å². The second-order valence-corrected chi connectivity index (χ2v) is 9.41. The summed E-state index contributed by atoms with van der Waals surface area (Å²) in [4.78, 5) is 23.1. The highest BCUT2D eigenvalue weighted by Gasteiger charge is 2.37. The Morgan fingerprint density at radius 2 is 1.55 bits per heavy atom. The SMILES string of the molecule is CCN(CC)c1ccc(/C=C2/C/C(=N/C3CCCCC3)N(C3CCCCC3)C2=O)cc1. The van der Waals surface area contributed by atoms with E-state index in [2.05, 4.69) is 54.0 Å². The van der Waals surface area contributed by atoms with Crippen molar-refractivity contribution in [3.05, 3.63) is 35.4 Å². The van der Waals surface area contributed by atoms with Gasteiger partial charge in [-0.2, -0.15) is 0 Å². The molecule has 4 rings (SSSR count). The van der Waals surface area contributed by atoms with Gasteiger partial charge in [-0.05, 0) is 63.3 Å². The van der Waals surface area contributed by atoms with Gasteiger partial charge in [0.05, 0.1) is 6.04 Å². The number of likely N-dealkylation sites (tertiary alicyclic amines) is 1. The van der Waals surface area contributed by atoms with Gasteiger partial charge in [-0.25, -0.2) is 0 Å². The van der Waals surface area contributed by atoms with Crippen LogP contribution in [0.5, 0.6) is 0 Å². The van der Waals surface area contributed by atoms with E-state index in [4.69, 9.17) is 4.99 Å². The van der Waals surface area contributed by atoms with E-state index in [0.717, 1.165) is 42.9 Å². The number of amides is 1. The van der Waals surface area contributed by atoms with Crippen LogP contribution < -0.4 is 4.90 Å². The molecule has 1 aromatic carbocycles. The number of nitrogens with zero attached hydrogens (tertiary/aromatic N) is 3. The van der Waals surface area contributed by atoms with Crippen LogP contribution in [-0.4, -0.2) is 41.8 Å². The third kappa shape index (κ3) is 5.22. The van der Waals surface area contributed by atoms with Gasteiger partial charge in [-0.15, -0.1) is 0 Å². The fourth-order valence-electron chi connectivity index (χ4n) is 5.53. The third-order valence-electron chi connectivity index (χ3n) is 7.33. The molecule has 1 saturated heterocycles. The third-order valence-corrected chi connectivity index (χ3v) is 7.33. The van der Waals surface area contributed by atoms with Crippen molar-refractivity contribution >= 4 is 23.5 Å². The van der Waals surface area contributed by atoms with Crippen molar-refractivity contribution in [1.29, 1.82) is 0 Å². The minimum absolute atomic E-state index is 0.203. The lowest BCUT2D eigenvalue weighted by Gasteiger charge is -2.32. The van der Waals surface area contributed by atoms with Crippen LogP contribution in [0.25, 0.3) is 6.08 Å². The van der Waals surface area contributed by atoms with Gasteiger partial charge in [-0.3, -0.25) is 14.7 Å². The first kappa shape index (κ1) is 22.1. The van der Waals surface area contributed by atoms with Crippen LogP contribution in [0.4, 0.5) is 5.69 Å². The molecule has 0 atom stereocenters. The van der Waals surface area contributed by atoms with Crippen molar-refractivity contribution in [3.63, 3.8) is 0 Å². The van der Waals surface area contributed by atoms with Crippen molar-refractivity contribution in [1.82, 2.24) is 4.90 Å². The standard InChI is InChI=1S/C27H39N3O/c1-3-29(4-2)24-17-15-21(16-18-24)19-22-20-26(28-23-11-7-5-8-12-23)30(27(22)31)25-13-9-6-10-14-25/h15-19,23,25H,3-14,20H2,1-2H3/b22-19-,28-26-. The molecule has 4 nitrogen and oxygen atoms in total. The monoisotopic (exact) mass is 421 g/mol. The van der Waals surface area contributed by atoms with Gasteiger partial charge in [0.15, 0.2) is 0 Å². The molecule has 1 aliphatic heterocycles. The summed E-state index contributed by atoms with van der Waals surface area (Å²) in [6, 6.07) is 9.41. The second-order valence-electron chi connectivity index (χ2n) is 9.41. The largest absolute Gasteiger partial charge is 0.372 e. The summed E-state index contributed by atoms with van der Waals surface area (Å²) in [7, 11) is 0. The van der Waals surface area contributed by atoms with E-state index in [1.54, 1.807) is 0 Å². The minimum Gasteiger partial charge on any atom is -0.372 e. The molecule has 3 fully saturated rings. The summed E-state index contributed by atoms with van der Waals surface area (Å²) in [5.74, 6) is 1.25. The highest BCUT2D eigenvalue weighted by Crippen LogP contribution is 2.32. The van der Waals surface area contributed by atoms with Gasteiger partial charge in [0.1, 0.15) is 5.84 Å². The first-order chi connectivity index (χ1) is 15.2. The summed E-state index contributed by atoms with van der Waals surface area (Å²) >= 11 is 0. The number of aliphatic imine (C=N–C) groups is 1. The predicted octanol–water partition coefficient (Wildman–Crippen LogP) is 6.21. The number of hydrogen-bond acceptors (Lipinski definition) is 3. The highest BCUT2D eigenvalue weighted by atomic mass is 16.2. The molecular formula is C27H39N3O. The van der Waals surface area contributed by atoms with Crippen molar-refractivity contribution < 1.29 is 4.79 Å². The summed E-state index contributed by atoms with van der Waals surface area (Å²) in [5.41, 5.74) is 3.27. The van der Waals surface area contributed by atoms with E-state index in [1.165, 1.54) is 57.1 Å². The number of benzene rings is 1. The quantitative estimate of drug-likeness (QED) is 0.512. The number of hydrogen-bond donors (Lipinski definition) is 0. The lowest BCUT2D eigenvalue weighted by molar-refractivity contribution is -0.124. The molecule has 2 saturated carbocycles. The van der Waals surface area contributed by atoms with E-state index in [1.807, 2.05) is 0 Å². The normalized spacial score (nSPS) is 23.8. The van der Waals surface area contributed by atoms with Gasteiger partial charge in [0, 0.05) is 36.8 Å². The van der Waals surface area contributed by atoms with Gasteiger partial charge >= 0.3 is 0 Å². The number of carbonyl (C=O) groups is 1. The molecule has 0 aromatic heterocycles. The van der Waals surface area contributed by atoms with E-state index in [0.29, 0.717) is 18.5 Å². The number of anilines is 1. The average Bonchev–Trinajstić information content (AvgIpc) is 3.11. The van der Waals surface area contributed by atoms with Crippen molar-refractivity contribution in [2.45, 2.75) is 96.6 Å². The Labute approximate surface area is 188 Å². The second kappa shape index (κ2) is 10.5. The lowest BCUT2D eigenvalue weighted by Crippen LogP contribution is -2.41. The first-order valence-corrected chi connectivity index (χ1v) is 12.7. The summed E-state index contributed by atoms with van der Waals surface area (Å²) in [6.45, 7) is 6.38. The Balaban J connectivity index is 1.57. The molecule has 168 valence electrons. The molecule has 31 heavy (non-hydrogen) atoms. The summed E-state index contributed by atoms with van der Waals surface area (Å²) in [6.07, 6.45) is 15.1. The first-order valence-electron chi connectivity index (χ1n) is 12.7. The Morgan fingerprint density at radius 3 is 2.16 bits per heavy atom. The van der Waals surface area contributed by atoms with Crippen molar-refractivity contribution in [2.75, 3.05) is 18.0 Å². The molecule has 2 aliphatic carbocycles. The maximum atomic E-state index is 13.5. The topological polar surface area (TPSA) is 35.9 Å². The fraction of sp³-hybridized carbons (Fsp3) is 0.630. The number of amidine groups is 1. The average molecular weight is 422 g/mol. The summed E-state index contributed by atoms with van der Waals surface area (Å²) in [5, 5.41) is 0. The molecule has 1 heterocycles. The maximum absolute atomic E-state index is 13.5. The molecule has 4 heteroatoms. The van der Waals surface area contributed by atoms with Gasteiger partial charge in [0.2, 0.25) is 0 Å². The molecule has 1 aromatic rings. The van der Waals surface area contributed by atoms with Crippen molar-refractivity contribution in [2.24, 2.45) is 4.99 Å². The minimum atomic E-state index is 0.203. The molecule has 0 N–H and O–H groups in total. The fourth-order valence-corrected chi connectivity index (χ4v) is 5.53. The van der Waals surface area contributed by atoms with Crippen LogP contribution in [-0.2, 0) is 4.79 Å². The Bertz CT molecular complexity index is 794. The van der Waals surface area contributed by atoms with Crippen LogP contribution >= 0.6 is 0 Å². The molecule has 3 aliphatic rings. The molecule has 0 bridgehead atoms. The molecule has 0 radical (unpaired) electrons. The zero-order valence-corrected chi connectivity index (χ0v) is 19.5. The smallest absolute Gasteiger partial charge is 0.255 e. The van der Waals surface area contributed by atoms with Crippen LogP contribution in [0.15, 0.2) is 34.8 Å². The van der Waals surface area contributed by atoms with E-state index < -0.39 is 0 Å². The Kier molecular flexibility index (Phi) is 7.47. The molecule has 0 unspecified atom stereocenters. The van der Waals surface area contributed by atoms with Gasteiger partial charge in [0.25, 0.3) is 5.91 Å². The highest BCUT2D eigenvalue weighted by molar-refractivity contribution is 6.17. The van der Waals surface area contributed by atoms with E-state index in [9.17, 15) is 4.79 Å². The summed E-state index contributed by atoms with van der Waals surface area (Å²) < 4.78 is 0. The van der Waals surface area contributed by atoms with E-state index in [-0.39, 0.29) is 5.91 Å². The number of carbonyl (C=O) groups excluding carboxylic acids is 1. The Hall–Kier alpha value is -2.10. The molecule has 0 spiro atoms. The van der Waals surface area contributed by atoms with Gasteiger partial charge in [-0.1, -0.05) is 50.7 Å². The Morgan fingerprint density at radius 1 is 0.935 bits per heavy atom. The van der Waals surface area contributed by atoms with Crippen LogP contribution in [0, 0.1) is 0 Å². The zero-order chi connectivity index (χ0) is 21.6. The lowest BCUT2D eigenvalue weighted by atomic mass is 9.94. The zero-order valence-electron chi connectivity index (χ0n) is 19.5. The molecule has 1 amide bonds. The van der Waals surface area contributed by atoms with E-state index >= 15 is 0 Å². The van der Waals surface area contributed by atoms with Gasteiger partial charge < -0.3 is 4.90 Å². The molecular weight excluding hydrogens is 382 g/mol.